The van der Waals surface area contributed by atoms with E-state index in [1.165, 1.54) is 36.8 Å². The lowest BCUT2D eigenvalue weighted by molar-refractivity contribution is 0.198. The van der Waals surface area contributed by atoms with Crippen molar-refractivity contribution in [1.29, 1.82) is 0 Å². The van der Waals surface area contributed by atoms with Gasteiger partial charge in [0, 0.05) is 30.2 Å². The maximum absolute atomic E-state index is 6.17. The van der Waals surface area contributed by atoms with Gasteiger partial charge in [-0.2, -0.15) is 0 Å². The molecule has 0 heterocycles. The van der Waals surface area contributed by atoms with Gasteiger partial charge in [0.15, 0.2) is 0 Å². The molecule has 0 amide bonds. The van der Waals surface area contributed by atoms with E-state index in [4.69, 9.17) is 9.47 Å². The summed E-state index contributed by atoms with van der Waals surface area (Å²) in [6, 6.07) is 4.28. The third-order valence-corrected chi connectivity index (χ3v) is 4.51. The van der Waals surface area contributed by atoms with Crippen LogP contribution in [0.5, 0.6) is 5.75 Å². The Bertz CT molecular complexity index is 445. The third-order valence-electron chi connectivity index (χ3n) is 4.05. The summed E-state index contributed by atoms with van der Waals surface area (Å²) >= 11 is 3.58. The molecule has 1 N–H and O–H groups in total. The number of hydrogen-bond acceptors (Lipinski definition) is 3. The average molecular weight is 356 g/mol. The molecule has 2 rings (SSSR count). The Morgan fingerprint density at radius 1 is 1.29 bits per heavy atom. The third kappa shape index (κ3) is 5.28. The summed E-state index contributed by atoms with van der Waals surface area (Å²) in [6.07, 6.45) is 5.35. The summed E-state index contributed by atoms with van der Waals surface area (Å²) in [5.74, 6) is 1.79. The number of ether oxygens (including phenoxy) is 2. The maximum Gasteiger partial charge on any atom is 0.126 e. The quantitative estimate of drug-likeness (QED) is 0.713. The van der Waals surface area contributed by atoms with Gasteiger partial charge in [0.2, 0.25) is 0 Å². The van der Waals surface area contributed by atoms with Gasteiger partial charge in [0.1, 0.15) is 5.75 Å². The summed E-state index contributed by atoms with van der Waals surface area (Å²) in [7, 11) is 1.72. The standard InChI is InChI=1S/C17H26BrNO2/c1-13-9-16(18)10-15(11-19-7-8-20-2)17(13)21-12-14-5-3-4-6-14/h9-10,14,19H,3-8,11-12H2,1-2H3. The molecule has 1 aliphatic carbocycles. The molecule has 1 saturated carbocycles. The number of rotatable bonds is 8. The summed E-state index contributed by atoms with van der Waals surface area (Å²) in [5.41, 5.74) is 2.42. The minimum absolute atomic E-state index is 0.727. The molecule has 3 nitrogen and oxygen atoms in total. The van der Waals surface area contributed by atoms with Crippen molar-refractivity contribution in [3.63, 3.8) is 0 Å². The van der Waals surface area contributed by atoms with Crippen LogP contribution in [0.2, 0.25) is 0 Å². The van der Waals surface area contributed by atoms with Crippen LogP contribution in [-0.4, -0.2) is 26.9 Å². The lowest BCUT2D eigenvalue weighted by Gasteiger charge is -2.18. The topological polar surface area (TPSA) is 30.5 Å². The fraction of sp³-hybridized carbons (Fsp3) is 0.647. The second-order valence-electron chi connectivity index (χ2n) is 5.84. The Morgan fingerprint density at radius 2 is 2.05 bits per heavy atom. The Balaban J connectivity index is 1.98. The number of benzene rings is 1. The van der Waals surface area contributed by atoms with Gasteiger partial charge in [-0.15, -0.1) is 0 Å². The molecule has 0 saturated heterocycles. The van der Waals surface area contributed by atoms with E-state index < -0.39 is 0 Å². The first-order valence-corrected chi connectivity index (χ1v) is 8.61. The molecular formula is C17H26BrNO2. The molecule has 1 aromatic rings. The molecule has 0 aromatic heterocycles. The van der Waals surface area contributed by atoms with Crippen molar-refractivity contribution < 1.29 is 9.47 Å². The van der Waals surface area contributed by atoms with Crippen LogP contribution in [0.1, 0.15) is 36.8 Å². The fourth-order valence-corrected chi connectivity index (χ4v) is 3.53. The van der Waals surface area contributed by atoms with Crippen LogP contribution in [0, 0.1) is 12.8 Å². The Morgan fingerprint density at radius 3 is 2.76 bits per heavy atom. The molecule has 1 aliphatic rings. The Hall–Kier alpha value is -0.580. The smallest absolute Gasteiger partial charge is 0.126 e. The second-order valence-corrected chi connectivity index (χ2v) is 6.76. The van der Waals surface area contributed by atoms with Crippen molar-refractivity contribution in [3.05, 3.63) is 27.7 Å². The average Bonchev–Trinajstić information content (AvgIpc) is 2.95. The molecule has 0 atom stereocenters. The molecule has 118 valence electrons. The minimum atomic E-state index is 0.727. The van der Waals surface area contributed by atoms with Crippen LogP contribution in [0.25, 0.3) is 0 Å². The monoisotopic (exact) mass is 355 g/mol. The van der Waals surface area contributed by atoms with E-state index in [0.29, 0.717) is 0 Å². The first-order chi connectivity index (χ1) is 10.2. The normalized spacial score (nSPS) is 15.6. The molecule has 1 fully saturated rings. The van der Waals surface area contributed by atoms with Crippen molar-refractivity contribution in [2.24, 2.45) is 5.92 Å². The van der Waals surface area contributed by atoms with Crippen LogP contribution >= 0.6 is 15.9 Å². The van der Waals surface area contributed by atoms with Gasteiger partial charge in [-0.1, -0.05) is 28.8 Å². The zero-order valence-electron chi connectivity index (χ0n) is 13.1. The number of hydrogen-bond donors (Lipinski definition) is 1. The zero-order chi connectivity index (χ0) is 15.1. The molecule has 0 radical (unpaired) electrons. The molecular weight excluding hydrogens is 330 g/mol. The van der Waals surface area contributed by atoms with Crippen LogP contribution in [0.3, 0.4) is 0 Å². The summed E-state index contributed by atoms with van der Waals surface area (Å²) in [5, 5.41) is 3.40. The highest BCUT2D eigenvalue weighted by Crippen LogP contribution is 2.31. The van der Waals surface area contributed by atoms with Crippen molar-refractivity contribution in [3.8, 4) is 5.75 Å². The maximum atomic E-state index is 6.17. The zero-order valence-corrected chi connectivity index (χ0v) is 14.7. The van der Waals surface area contributed by atoms with Gasteiger partial charge in [-0.05, 0) is 43.4 Å². The van der Waals surface area contributed by atoms with Gasteiger partial charge in [-0.3, -0.25) is 0 Å². The molecule has 0 aliphatic heterocycles. The highest BCUT2D eigenvalue weighted by molar-refractivity contribution is 9.10. The van der Waals surface area contributed by atoms with E-state index in [2.05, 4.69) is 40.3 Å². The molecule has 4 heteroatoms. The number of aryl methyl sites for hydroxylation is 1. The van der Waals surface area contributed by atoms with Crippen molar-refractivity contribution in [2.45, 2.75) is 39.2 Å². The van der Waals surface area contributed by atoms with Crippen LogP contribution in [0.4, 0.5) is 0 Å². The van der Waals surface area contributed by atoms with Gasteiger partial charge in [-0.25, -0.2) is 0 Å². The van der Waals surface area contributed by atoms with Crippen molar-refractivity contribution in [2.75, 3.05) is 26.9 Å². The highest BCUT2D eigenvalue weighted by Gasteiger charge is 2.17. The SMILES string of the molecule is COCCNCc1cc(Br)cc(C)c1OCC1CCCC1. The van der Waals surface area contributed by atoms with E-state index >= 15 is 0 Å². The first-order valence-electron chi connectivity index (χ1n) is 7.82. The predicted octanol–water partition coefficient (Wildman–Crippen LogP) is 4.06. The number of nitrogens with one attached hydrogen (secondary N) is 1. The number of methoxy groups -OCH3 is 1. The number of halogens is 1. The minimum Gasteiger partial charge on any atom is -0.493 e. The lowest BCUT2D eigenvalue weighted by Crippen LogP contribution is -2.19. The Kier molecular flexibility index (Phi) is 7.00. The van der Waals surface area contributed by atoms with Crippen LogP contribution in [-0.2, 0) is 11.3 Å². The predicted molar refractivity (Wildman–Crippen MR) is 89.9 cm³/mol. The first kappa shape index (κ1) is 16.8. The summed E-state index contributed by atoms with van der Waals surface area (Å²) in [6.45, 7) is 5.36. The van der Waals surface area contributed by atoms with Gasteiger partial charge < -0.3 is 14.8 Å². The lowest BCUT2D eigenvalue weighted by atomic mass is 10.1. The van der Waals surface area contributed by atoms with Crippen LogP contribution < -0.4 is 10.1 Å². The van der Waals surface area contributed by atoms with E-state index in [9.17, 15) is 0 Å². The second kappa shape index (κ2) is 8.76. The molecule has 21 heavy (non-hydrogen) atoms. The van der Waals surface area contributed by atoms with Crippen molar-refractivity contribution >= 4 is 15.9 Å². The van der Waals surface area contributed by atoms with Crippen molar-refractivity contribution in [1.82, 2.24) is 5.32 Å². The molecule has 1 aromatic carbocycles. The molecule has 0 bridgehead atoms. The van der Waals surface area contributed by atoms with Gasteiger partial charge >= 0.3 is 0 Å². The van der Waals surface area contributed by atoms with Crippen LogP contribution in [0.15, 0.2) is 16.6 Å². The highest BCUT2D eigenvalue weighted by atomic mass is 79.9. The fourth-order valence-electron chi connectivity index (χ4n) is 2.91. The van der Waals surface area contributed by atoms with E-state index in [-0.39, 0.29) is 0 Å². The molecule has 0 spiro atoms. The summed E-state index contributed by atoms with van der Waals surface area (Å²) < 4.78 is 12.3. The largest absolute Gasteiger partial charge is 0.493 e. The summed E-state index contributed by atoms with van der Waals surface area (Å²) in [4.78, 5) is 0. The van der Waals surface area contributed by atoms with E-state index in [1.54, 1.807) is 7.11 Å². The Labute approximate surface area is 136 Å². The molecule has 0 unspecified atom stereocenters. The van der Waals surface area contributed by atoms with E-state index in [0.717, 1.165) is 42.4 Å². The van der Waals surface area contributed by atoms with Gasteiger partial charge in [0.25, 0.3) is 0 Å². The van der Waals surface area contributed by atoms with Gasteiger partial charge in [0.05, 0.1) is 13.2 Å². The van der Waals surface area contributed by atoms with E-state index in [1.807, 2.05) is 0 Å².